The average Bonchev–Trinajstić information content (AvgIpc) is 2.76. The highest BCUT2D eigenvalue weighted by molar-refractivity contribution is 6.08. The maximum atomic E-state index is 12.3. The summed E-state index contributed by atoms with van der Waals surface area (Å²) in [4.78, 5) is 25.4. The normalized spacial score (nSPS) is 17.9. The fourth-order valence-electron chi connectivity index (χ4n) is 2.61. The number of rotatable bonds is 7. The van der Waals surface area contributed by atoms with Crippen LogP contribution < -0.4 is 0 Å². The Bertz CT molecular complexity index is 639. The van der Waals surface area contributed by atoms with Crippen molar-refractivity contribution in [1.82, 2.24) is 4.90 Å². The third-order valence-corrected chi connectivity index (χ3v) is 3.58. The van der Waals surface area contributed by atoms with Gasteiger partial charge in [0.05, 0.1) is 31.4 Å². The molecule has 1 amide bonds. The van der Waals surface area contributed by atoms with Gasteiger partial charge < -0.3 is 25.0 Å². The van der Waals surface area contributed by atoms with Crippen LogP contribution in [-0.4, -0.2) is 58.3 Å². The zero-order valence-corrected chi connectivity index (χ0v) is 12.7. The van der Waals surface area contributed by atoms with E-state index in [4.69, 9.17) is 9.84 Å². The van der Waals surface area contributed by atoms with Gasteiger partial charge in [-0.3, -0.25) is 9.59 Å². The molecule has 1 aliphatic rings. The third-order valence-electron chi connectivity index (χ3n) is 3.58. The number of aromatic hydroxyl groups is 1. The van der Waals surface area contributed by atoms with Crippen LogP contribution >= 0.6 is 0 Å². The molecule has 1 heterocycles. The number of phenolic OH excluding ortho intramolecular Hbond substituents is 1. The van der Waals surface area contributed by atoms with Crippen molar-refractivity contribution in [3.63, 3.8) is 0 Å². The maximum absolute atomic E-state index is 12.3. The minimum atomic E-state index is -0.773. The number of ether oxygens (including phenoxy) is 1. The molecule has 0 saturated heterocycles. The number of carbonyl (C=O) groups excluding carboxylic acids is 2. The standard InChI is InChI=1S/C16H19NO6/c1-10(19)13-14(11-3-2-4-12(20)9-11)17(16(22)15(13)21)5-7-23-8-6-18/h2-4,9,14,18,20-21H,5-8H2,1H3/t14-/m0/s1. The van der Waals surface area contributed by atoms with Crippen LogP contribution in [0.3, 0.4) is 0 Å². The van der Waals surface area contributed by atoms with Crippen molar-refractivity contribution in [2.24, 2.45) is 0 Å². The molecule has 0 unspecified atom stereocenters. The van der Waals surface area contributed by atoms with Crippen molar-refractivity contribution in [1.29, 1.82) is 0 Å². The highest BCUT2D eigenvalue weighted by Gasteiger charge is 2.42. The molecule has 7 heteroatoms. The van der Waals surface area contributed by atoms with Crippen molar-refractivity contribution in [2.75, 3.05) is 26.4 Å². The number of hydrogen-bond acceptors (Lipinski definition) is 6. The van der Waals surface area contributed by atoms with Crippen LogP contribution in [0.1, 0.15) is 18.5 Å². The number of ketones is 1. The van der Waals surface area contributed by atoms with E-state index in [9.17, 15) is 19.8 Å². The average molecular weight is 321 g/mol. The fraction of sp³-hybridized carbons (Fsp3) is 0.375. The smallest absolute Gasteiger partial charge is 0.290 e. The highest BCUT2D eigenvalue weighted by Crippen LogP contribution is 2.38. The zero-order valence-electron chi connectivity index (χ0n) is 12.7. The van der Waals surface area contributed by atoms with E-state index in [-0.39, 0.29) is 37.7 Å². The summed E-state index contributed by atoms with van der Waals surface area (Å²) in [6, 6.07) is 5.42. The Hall–Kier alpha value is -2.38. The van der Waals surface area contributed by atoms with E-state index in [1.165, 1.54) is 24.0 Å². The first kappa shape index (κ1) is 17.0. The Balaban J connectivity index is 2.33. The summed E-state index contributed by atoms with van der Waals surface area (Å²) in [5.74, 6) is -1.65. The Morgan fingerprint density at radius 2 is 2.04 bits per heavy atom. The van der Waals surface area contributed by atoms with E-state index in [1.54, 1.807) is 12.1 Å². The van der Waals surface area contributed by atoms with Crippen LogP contribution in [-0.2, 0) is 14.3 Å². The van der Waals surface area contributed by atoms with Gasteiger partial charge in [-0.2, -0.15) is 0 Å². The number of Topliss-reactive ketones (excluding diaryl/α,β-unsaturated/α-hetero) is 1. The second kappa shape index (κ2) is 7.26. The van der Waals surface area contributed by atoms with E-state index in [0.29, 0.717) is 5.56 Å². The van der Waals surface area contributed by atoms with Gasteiger partial charge in [0, 0.05) is 6.54 Å². The van der Waals surface area contributed by atoms with Gasteiger partial charge in [-0.25, -0.2) is 0 Å². The minimum Gasteiger partial charge on any atom is -0.508 e. The first-order valence-corrected chi connectivity index (χ1v) is 7.20. The summed E-state index contributed by atoms with van der Waals surface area (Å²) >= 11 is 0. The number of benzene rings is 1. The molecule has 0 radical (unpaired) electrons. The second-order valence-electron chi connectivity index (χ2n) is 5.15. The van der Waals surface area contributed by atoms with Crippen molar-refractivity contribution in [3.8, 4) is 5.75 Å². The second-order valence-corrected chi connectivity index (χ2v) is 5.15. The number of aliphatic hydroxyl groups excluding tert-OH is 2. The van der Waals surface area contributed by atoms with Crippen molar-refractivity contribution >= 4 is 11.7 Å². The number of hydrogen-bond donors (Lipinski definition) is 3. The lowest BCUT2D eigenvalue weighted by Crippen LogP contribution is -2.34. The molecule has 23 heavy (non-hydrogen) atoms. The lowest BCUT2D eigenvalue weighted by molar-refractivity contribution is -0.130. The molecule has 0 aliphatic carbocycles. The van der Waals surface area contributed by atoms with Gasteiger partial charge in [-0.15, -0.1) is 0 Å². The summed E-state index contributed by atoms with van der Waals surface area (Å²) in [6.45, 7) is 1.57. The number of amides is 1. The van der Waals surface area contributed by atoms with Gasteiger partial charge in [0.1, 0.15) is 5.75 Å². The summed E-state index contributed by atoms with van der Waals surface area (Å²) in [6.07, 6.45) is 0. The SMILES string of the molecule is CC(=O)C1=C(O)C(=O)N(CCOCCO)[C@H]1c1cccc(O)c1. The molecule has 124 valence electrons. The summed E-state index contributed by atoms with van der Waals surface area (Å²) < 4.78 is 5.15. The lowest BCUT2D eigenvalue weighted by Gasteiger charge is -2.26. The van der Waals surface area contributed by atoms with Gasteiger partial charge in [0.25, 0.3) is 5.91 Å². The number of nitrogens with zero attached hydrogens (tertiary/aromatic N) is 1. The molecule has 1 aromatic carbocycles. The zero-order chi connectivity index (χ0) is 17.0. The van der Waals surface area contributed by atoms with Crippen LogP contribution in [0.15, 0.2) is 35.6 Å². The molecule has 1 aromatic rings. The van der Waals surface area contributed by atoms with E-state index in [0.717, 1.165) is 0 Å². The van der Waals surface area contributed by atoms with Crippen LogP contribution in [0, 0.1) is 0 Å². The molecule has 0 aromatic heterocycles. The molecular weight excluding hydrogens is 302 g/mol. The van der Waals surface area contributed by atoms with Crippen LogP contribution in [0.5, 0.6) is 5.75 Å². The molecule has 0 fully saturated rings. The van der Waals surface area contributed by atoms with Crippen molar-refractivity contribution in [3.05, 3.63) is 41.2 Å². The molecule has 1 atom stereocenters. The lowest BCUT2D eigenvalue weighted by atomic mass is 9.96. The predicted molar refractivity (Wildman–Crippen MR) is 80.8 cm³/mol. The first-order valence-electron chi connectivity index (χ1n) is 7.20. The Kier molecular flexibility index (Phi) is 5.36. The van der Waals surface area contributed by atoms with Gasteiger partial charge >= 0.3 is 0 Å². The van der Waals surface area contributed by atoms with Crippen molar-refractivity contribution < 1.29 is 29.6 Å². The molecule has 0 bridgehead atoms. The highest BCUT2D eigenvalue weighted by atomic mass is 16.5. The largest absolute Gasteiger partial charge is 0.508 e. The van der Waals surface area contributed by atoms with Gasteiger partial charge in [-0.05, 0) is 24.6 Å². The molecule has 1 aliphatic heterocycles. The van der Waals surface area contributed by atoms with Crippen molar-refractivity contribution in [2.45, 2.75) is 13.0 Å². The third kappa shape index (κ3) is 3.52. The number of phenols is 1. The fourth-order valence-corrected chi connectivity index (χ4v) is 2.61. The van der Waals surface area contributed by atoms with Crippen LogP contribution in [0.2, 0.25) is 0 Å². The van der Waals surface area contributed by atoms with Gasteiger partial charge in [0.15, 0.2) is 11.5 Å². The summed E-state index contributed by atoms with van der Waals surface area (Å²) in [7, 11) is 0. The summed E-state index contributed by atoms with van der Waals surface area (Å²) in [5, 5.41) is 28.4. The molecule has 2 rings (SSSR count). The minimum absolute atomic E-state index is 0.000668. The van der Waals surface area contributed by atoms with E-state index >= 15 is 0 Å². The molecule has 0 spiro atoms. The number of carbonyl (C=O) groups is 2. The predicted octanol–water partition coefficient (Wildman–Crippen LogP) is 0.685. The topological polar surface area (TPSA) is 107 Å². The Morgan fingerprint density at radius 3 is 2.65 bits per heavy atom. The van der Waals surface area contributed by atoms with E-state index in [1.807, 2.05) is 0 Å². The monoisotopic (exact) mass is 321 g/mol. The first-order chi connectivity index (χ1) is 11.0. The van der Waals surface area contributed by atoms with Gasteiger partial charge in [-0.1, -0.05) is 12.1 Å². The quantitative estimate of drug-likeness (QED) is 0.638. The Labute approximate surface area is 133 Å². The molecule has 3 N–H and O–H groups in total. The number of aliphatic hydroxyl groups is 2. The Morgan fingerprint density at radius 1 is 1.30 bits per heavy atom. The molecular formula is C16H19NO6. The maximum Gasteiger partial charge on any atom is 0.290 e. The van der Waals surface area contributed by atoms with E-state index < -0.39 is 23.5 Å². The van der Waals surface area contributed by atoms with Crippen LogP contribution in [0.25, 0.3) is 0 Å². The van der Waals surface area contributed by atoms with Gasteiger partial charge in [0.2, 0.25) is 0 Å². The van der Waals surface area contributed by atoms with E-state index in [2.05, 4.69) is 0 Å². The molecule has 7 nitrogen and oxygen atoms in total. The van der Waals surface area contributed by atoms with Crippen LogP contribution in [0.4, 0.5) is 0 Å². The molecule has 0 saturated carbocycles. The summed E-state index contributed by atoms with van der Waals surface area (Å²) in [5.41, 5.74) is 0.525.